The molecule has 2 aromatic carbocycles. The van der Waals surface area contributed by atoms with Crippen molar-refractivity contribution in [3.63, 3.8) is 0 Å². The highest BCUT2D eigenvalue weighted by Crippen LogP contribution is 2.35. The molecule has 0 bridgehead atoms. The smallest absolute Gasteiger partial charge is 0.238 e. The SMILES string of the molecule is COc1cc(NC(=O)CNCCc2ccccc2)c(OC)cc1Cl. The number of methoxy groups -OCH3 is 2. The van der Waals surface area contributed by atoms with E-state index in [0.717, 1.165) is 13.0 Å². The molecule has 0 aliphatic rings. The van der Waals surface area contributed by atoms with Gasteiger partial charge in [0.15, 0.2) is 0 Å². The van der Waals surface area contributed by atoms with Crippen LogP contribution in [0.25, 0.3) is 0 Å². The van der Waals surface area contributed by atoms with Gasteiger partial charge in [-0.15, -0.1) is 0 Å². The molecule has 0 saturated heterocycles. The first-order chi connectivity index (χ1) is 11.6. The molecular weight excluding hydrogens is 328 g/mol. The van der Waals surface area contributed by atoms with E-state index in [9.17, 15) is 4.79 Å². The fourth-order valence-electron chi connectivity index (χ4n) is 2.23. The average Bonchev–Trinajstić information content (AvgIpc) is 2.60. The first-order valence-electron chi connectivity index (χ1n) is 7.60. The van der Waals surface area contributed by atoms with Crippen molar-refractivity contribution in [2.75, 3.05) is 32.6 Å². The number of ether oxygens (including phenoxy) is 2. The summed E-state index contributed by atoms with van der Waals surface area (Å²) in [6.45, 7) is 0.930. The number of amides is 1. The van der Waals surface area contributed by atoms with Gasteiger partial charge in [-0.05, 0) is 18.5 Å². The number of anilines is 1. The molecule has 0 fully saturated rings. The number of nitrogens with one attached hydrogen (secondary N) is 2. The van der Waals surface area contributed by atoms with Gasteiger partial charge in [0.25, 0.3) is 0 Å². The van der Waals surface area contributed by atoms with E-state index in [1.54, 1.807) is 12.1 Å². The highest BCUT2D eigenvalue weighted by atomic mass is 35.5. The number of halogens is 1. The van der Waals surface area contributed by atoms with Crippen molar-refractivity contribution in [2.45, 2.75) is 6.42 Å². The van der Waals surface area contributed by atoms with Crippen LogP contribution in [0, 0.1) is 0 Å². The number of benzene rings is 2. The molecule has 0 atom stereocenters. The maximum Gasteiger partial charge on any atom is 0.238 e. The van der Waals surface area contributed by atoms with Crippen molar-refractivity contribution >= 4 is 23.2 Å². The highest BCUT2D eigenvalue weighted by molar-refractivity contribution is 6.32. The van der Waals surface area contributed by atoms with Gasteiger partial charge in [0.05, 0.1) is 31.5 Å². The van der Waals surface area contributed by atoms with Gasteiger partial charge in [0.1, 0.15) is 11.5 Å². The van der Waals surface area contributed by atoms with Gasteiger partial charge in [-0.25, -0.2) is 0 Å². The van der Waals surface area contributed by atoms with E-state index < -0.39 is 0 Å². The molecule has 24 heavy (non-hydrogen) atoms. The van der Waals surface area contributed by atoms with Gasteiger partial charge in [0.2, 0.25) is 5.91 Å². The summed E-state index contributed by atoms with van der Waals surface area (Å²) in [6, 6.07) is 13.4. The molecule has 0 radical (unpaired) electrons. The van der Waals surface area contributed by atoms with E-state index in [1.165, 1.54) is 19.8 Å². The molecule has 5 nitrogen and oxygen atoms in total. The molecule has 0 aliphatic heterocycles. The fraction of sp³-hybridized carbons (Fsp3) is 0.278. The second kappa shape index (κ2) is 9.15. The van der Waals surface area contributed by atoms with Crippen LogP contribution in [0.4, 0.5) is 5.69 Å². The summed E-state index contributed by atoms with van der Waals surface area (Å²) < 4.78 is 10.4. The lowest BCUT2D eigenvalue weighted by Gasteiger charge is -2.13. The molecule has 0 spiro atoms. The van der Waals surface area contributed by atoms with E-state index in [2.05, 4.69) is 22.8 Å². The zero-order valence-corrected chi connectivity index (χ0v) is 14.5. The molecule has 0 heterocycles. The molecule has 2 N–H and O–H groups in total. The van der Waals surface area contributed by atoms with Crippen LogP contribution in [0.2, 0.25) is 5.02 Å². The third-order valence-electron chi connectivity index (χ3n) is 3.47. The Labute approximate surface area is 146 Å². The van der Waals surface area contributed by atoms with Crippen molar-refractivity contribution in [2.24, 2.45) is 0 Å². The first kappa shape index (κ1) is 18.1. The molecule has 0 saturated carbocycles. The monoisotopic (exact) mass is 348 g/mol. The Kier molecular flexibility index (Phi) is 6.90. The summed E-state index contributed by atoms with van der Waals surface area (Å²) in [5.41, 5.74) is 1.75. The van der Waals surface area contributed by atoms with Gasteiger partial charge < -0.3 is 20.1 Å². The zero-order valence-electron chi connectivity index (χ0n) is 13.8. The quantitative estimate of drug-likeness (QED) is 0.720. The van der Waals surface area contributed by atoms with Gasteiger partial charge in [-0.3, -0.25) is 4.79 Å². The van der Waals surface area contributed by atoms with Gasteiger partial charge in [-0.1, -0.05) is 41.9 Å². The average molecular weight is 349 g/mol. The van der Waals surface area contributed by atoms with Crippen LogP contribution in [0.1, 0.15) is 5.56 Å². The summed E-state index contributed by atoms with van der Waals surface area (Å²) in [4.78, 5) is 12.1. The van der Waals surface area contributed by atoms with E-state index >= 15 is 0 Å². The van der Waals surface area contributed by atoms with Crippen molar-refractivity contribution in [1.82, 2.24) is 5.32 Å². The lowest BCUT2D eigenvalue weighted by Crippen LogP contribution is -2.29. The van der Waals surface area contributed by atoms with E-state index in [-0.39, 0.29) is 12.5 Å². The van der Waals surface area contributed by atoms with Gasteiger partial charge in [0, 0.05) is 12.1 Å². The molecular formula is C18H21ClN2O3. The van der Waals surface area contributed by atoms with Crippen LogP contribution in [0.15, 0.2) is 42.5 Å². The van der Waals surface area contributed by atoms with Crippen LogP contribution < -0.4 is 20.1 Å². The largest absolute Gasteiger partial charge is 0.495 e. The molecule has 0 aromatic heterocycles. The van der Waals surface area contributed by atoms with Crippen LogP contribution >= 0.6 is 11.6 Å². The van der Waals surface area contributed by atoms with Crippen LogP contribution in [0.3, 0.4) is 0 Å². The van der Waals surface area contributed by atoms with E-state index in [1.807, 2.05) is 18.2 Å². The predicted molar refractivity (Wildman–Crippen MR) is 96.2 cm³/mol. The number of hydrogen-bond donors (Lipinski definition) is 2. The summed E-state index contributed by atoms with van der Waals surface area (Å²) in [6.07, 6.45) is 0.867. The molecule has 0 unspecified atom stereocenters. The third kappa shape index (κ3) is 5.15. The Hall–Kier alpha value is -2.24. The van der Waals surface area contributed by atoms with E-state index in [0.29, 0.717) is 22.2 Å². The molecule has 1 amide bonds. The van der Waals surface area contributed by atoms with Crippen LogP contribution in [0.5, 0.6) is 11.5 Å². The lowest BCUT2D eigenvalue weighted by atomic mass is 10.1. The number of carbonyl (C=O) groups excluding carboxylic acids is 1. The number of hydrogen-bond acceptors (Lipinski definition) is 4. The fourth-order valence-corrected chi connectivity index (χ4v) is 2.46. The summed E-state index contributed by atoms with van der Waals surface area (Å²) in [5.74, 6) is 0.800. The number of rotatable bonds is 8. The van der Waals surface area contributed by atoms with E-state index in [4.69, 9.17) is 21.1 Å². The summed E-state index contributed by atoms with van der Waals surface area (Å²) >= 11 is 6.05. The summed E-state index contributed by atoms with van der Waals surface area (Å²) in [5, 5.41) is 6.34. The zero-order chi connectivity index (χ0) is 17.4. The predicted octanol–water partition coefficient (Wildman–Crippen LogP) is 3.13. The Balaban J connectivity index is 1.85. The van der Waals surface area contributed by atoms with Gasteiger partial charge in [-0.2, -0.15) is 0 Å². The van der Waals surface area contributed by atoms with Crippen molar-refractivity contribution in [3.05, 3.63) is 53.1 Å². The normalized spacial score (nSPS) is 10.3. The number of carbonyl (C=O) groups is 1. The molecule has 2 rings (SSSR count). The van der Waals surface area contributed by atoms with Crippen molar-refractivity contribution < 1.29 is 14.3 Å². The maximum atomic E-state index is 12.1. The second-order valence-electron chi connectivity index (χ2n) is 5.15. The van der Waals surface area contributed by atoms with Gasteiger partial charge >= 0.3 is 0 Å². The Morgan fingerprint density at radius 1 is 1.08 bits per heavy atom. The topological polar surface area (TPSA) is 59.6 Å². The molecule has 2 aromatic rings. The second-order valence-corrected chi connectivity index (χ2v) is 5.55. The van der Waals surface area contributed by atoms with Crippen molar-refractivity contribution in [1.29, 1.82) is 0 Å². The third-order valence-corrected chi connectivity index (χ3v) is 3.76. The molecule has 6 heteroatoms. The van der Waals surface area contributed by atoms with Crippen LogP contribution in [-0.4, -0.2) is 33.2 Å². The Morgan fingerprint density at radius 3 is 2.46 bits per heavy atom. The van der Waals surface area contributed by atoms with Crippen LogP contribution in [-0.2, 0) is 11.2 Å². The Bertz CT molecular complexity index is 677. The highest BCUT2D eigenvalue weighted by Gasteiger charge is 2.12. The molecule has 0 aliphatic carbocycles. The summed E-state index contributed by atoms with van der Waals surface area (Å²) in [7, 11) is 3.04. The maximum absolute atomic E-state index is 12.1. The minimum Gasteiger partial charge on any atom is -0.495 e. The lowest BCUT2D eigenvalue weighted by molar-refractivity contribution is -0.115. The standard InChI is InChI=1S/C18H21ClN2O3/c1-23-16-11-15(17(24-2)10-14(16)19)21-18(22)12-20-9-8-13-6-4-3-5-7-13/h3-7,10-11,20H,8-9,12H2,1-2H3,(H,21,22). The first-order valence-corrected chi connectivity index (χ1v) is 7.98. The van der Waals surface area contributed by atoms with Crippen molar-refractivity contribution in [3.8, 4) is 11.5 Å². The Morgan fingerprint density at radius 2 is 1.79 bits per heavy atom. The molecule has 128 valence electrons. The minimum absolute atomic E-state index is 0.161. The minimum atomic E-state index is -0.161.